The van der Waals surface area contributed by atoms with Crippen LogP contribution in [0.2, 0.25) is 0 Å². The van der Waals surface area contributed by atoms with Gasteiger partial charge in [-0.15, -0.1) is 0 Å². The molecule has 0 bridgehead atoms. The van der Waals surface area contributed by atoms with E-state index in [1.165, 1.54) is 7.05 Å². The highest BCUT2D eigenvalue weighted by atomic mass is 79.9. The van der Waals surface area contributed by atoms with Crippen LogP contribution in [0, 0.1) is 0 Å². The van der Waals surface area contributed by atoms with Crippen molar-refractivity contribution in [1.82, 2.24) is 4.57 Å². The first-order chi connectivity index (χ1) is 6.63. The fourth-order valence-corrected chi connectivity index (χ4v) is 2.01. The summed E-state index contributed by atoms with van der Waals surface area (Å²) < 4.78 is 1.54. The molecule has 1 heterocycles. The van der Waals surface area contributed by atoms with E-state index >= 15 is 0 Å². The number of halogens is 1. The molecule has 0 spiro atoms. The lowest BCUT2D eigenvalue weighted by Crippen LogP contribution is -2.16. The van der Waals surface area contributed by atoms with Gasteiger partial charge in [0.2, 0.25) is 0 Å². The molecular formula is C10H7BrNO2. The molecule has 2 aromatic rings. The van der Waals surface area contributed by atoms with Crippen molar-refractivity contribution in [2.45, 2.75) is 0 Å². The maximum Gasteiger partial charge on any atom is 0.268 e. The number of nitrogens with zero attached hydrogens (tertiary/aromatic N) is 1. The van der Waals surface area contributed by atoms with Crippen LogP contribution in [0.15, 0.2) is 33.5 Å². The van der Waals surface area contributed by atoms with Gasteiger partial charge in [-0.2, -0.15) is 0 Å². The number of pyridine rings is 1. The van der Waals surface area contributed by atoms with Crippen LogP contribution in [0.3, 0.4) is 0 Å². The summed E-state index contributed by atoms with van der Waals surface area (Å²) in [6.45, 7) is 0. The molecule has 0 aliphatic carbocycles. The van der Waals surface area contributed by atoms with Gasteiger partial charge in [-0.05, 0) is 22.0 Å². The maximum atomic E-state index is 11.6. The van der Waals surface area contributed by atoms with E-state index in [2.05, 4.69) is 15.9 Å². The largest absolute Gasteiger partial charge is 0.277 e. The topological polar surface area (TPSA) is 41.9 Å². The third-order valence-electron chi connectivity index (χ3n) is 2.19. The predicted octanol–water partition coefficient (Wildman–Crippen LogP) is 2.44. The van der Waals surface area contributed by atoms with E-state index in [1.54, 1.807) is 24.3 Å². The summed E-state index contributed by atoms with van der Waals surface area (Å²) in [5.41, 5.74) is -0.256. The molecule has 0 amide bonds. The molecule has 4 heteroatoms. The number of rotatable bonds is 0. The van der Waals surface area contributed by atoms with Gasteiger partial charge < -0.3 is 0 Å². The Morgan fingerprint density at radius 2 is 1.79 bits per heavy atom. The van der Waals surface area contributed by atoms with E-state index < -0.39 is 0 Å². The van der Waals surface area contributed by atoms with Crippen molar-refractivity contribution in [1.29, 1.82) is 0 Å². The van der Waals surface area contributed by atoms with Gasteiger partial charge in [0.15, 0.2) is 0 Å². The molecule has 0 atom stereocenters. The highest BCUT2D eigenvalue weighted by molar-refractivity contribution is 9.10. The molecule has 1 radical (unpaired) electrons. The zero-order valence-electron chi connectivity index (χ0n) is 7.45. The summed E-state index contributed by atoms with van der Waals surface area (Å²) in [7, 11) is 1.47. The number of aromatic nitrogens is 1. The van der Waals surface area contributed by atoms with Crippen molar-refractivity contribution < 1.29 is 5.11 Å². The first-order valence-corrected chi connectivity index (χ1v) is 4.86. The average Bonchev–Trinajstić information content (AvgIpc) is 2.23. The Bertz CT molecular complexity index is 560. The second kappa shape index (κ2) is 3.13. The van der Waals surface area contributed by atoms with Crippen LogP contribution >= 0.6 is 15.9 Å². The van der Waals surface area contributed by atoms with Crippen LogP contribution in [-0.2, 0) is 12.2 Å². The van der Waals surface area contributed by atoms with Crippen LogP contribution in [-0.4, -0.2) is 4.57 Å². The number of fused-ring (bicyclic) bond motifs is 1. The van der Waals surface area contributed by atoms with Gasteiger partial charge in [-0.1, -0.05) is 18.2 Å². The number of hydrogen-bond acceptors (Lipinski definition) is 1. The third-order valence-corrected chi connectivity index (χ3v) is 2.96. The standard InChI is InChI=1S/C10H7BrNO2/c1-12-9(13)7-5-3-2-4-6(7)8(11)10(12)14/h2-5H,1H3. The van der Waals surface area contributed by atoms with Crippen LogP contribution in [0.25, 0.3) is 10.8 Å². The Balaban J connectivity index is 3.10. The van der Waals surface area contributed by atoms with E-state index in [1.807, 2.05) is 0 Å². The minimum atomic E-state index is -0.298. The molecule has 1 aromatic carbocycles. The van der Waals surface area contributed by atoms with Gasteiger partial charge in [0, 0.05) is 17.8 Å². The zero-order valence-corrected chi connectivity index (χ0v) is 9.04. The molecular weight excluding hydrogens is 246 g/mol. The first-order valence-electron chi connectivity index (χ1n) is 4.07. The molecule has 0 saturated carbocycles. The van der Waals surface area contributed by atoms with Gasteiger partial charge >= 0.3 is 0 Å². The molecule has 1 aromatic heterocycles. The van der Waals surface area contributed by atoms with Crippen molar-refractivity contribution in [2.24, 2.45) is 7.05 Å². The molecule has 0 N–H and O–H groups in total. The summed E-state index contributed by atoms with van der Waals surface area (Å²) in [5.74, 6) is -0.298. The molecule has 71 valence electrons. The molecule has 2 rings (SSSR count). The van der Waals surface area contributed by atoms with E-state index in [9.17, 15) is 9.90 Å². The predicted molar refractivity (Wildman–Crippen MR) is 57.0 cm³/mol. The van der Waals surface area contributed by atoms with Gasteiger partial charge in [0.25, 0.3) is 11.4 Å². The zero-order chi connectivity index (χ0) is 10.3. The SMILES string of the molecule is Cn1c([O])c(Br)c2ccccc2c1=O. The number of hydrogen-bond donors (Lipinski definition) is 0. The molecule has 0 aliphatic heterocycles. The molecule has 14 heavy (non-hydrogen) atoms. The summed E-state index contributed by atoms with van der Waals surface area (Å²) in [6.07, 6.45) is 0. The average molecular weight is 253 g/mol. The Morgan fingerprint density at radius 1 is 1.21 bits per heavy atom. The molecule has 0 unspecified atom stereocenters. The summed E-state index contributed by atoms with van der Waals surface area (Å²) in [5, 5.41) is 12.7. The lowest BCUT2D eigenvalue weighted by molar-refractivity contribution is 0.315. The Labute approximate surface area is 88.7 Å². The Morgan fingerprint density at radius 3 is 2.43 bits per heavy atom. The smallest absolute Gasteiger partial charge is 0.268 e. The summed E-state index contributed by atoms with van der Waals surface area (Å²) in [4.78, 5) is 11.6. The Hall–Kier alpha value is -1.29. The normalized spacial score (nSPS) is 10.7. The fourth-order valence-electron chi connectivity index (χ4n) is 1.40. The van der Waals surface area contributed by atoms with Crippen molar-refractivity contribution in [3.05, 3.63) is 39.1 Å². The third kappa shape index (κ3) is 1.14. The summed E-state index contributed by atoms with van der Waals surface area (Å²) in [6, 6.07) is 7.04. The van der Waals surface area contributed by atoms with Gasteiger partial charge in [0.1, 0.15) is 0 Å². The van der Waals surface area contributed by atoms with Gasteiger partial charge in [-0.25, -0.2) is 0 Å². The van der Waals surface area contributed by atoms with Crippen molar-refractivity contribution in [3.63, 3.8) is 0 Å². The number of benzene rings is 1. The van der Waals surface area contributed by atoms with Crippen molar-refractivity contribution in [2.75, 3.05) is 0 Å². The summed E-state index contributed by atoms with van der Waals surface area (Å²) >= 11 is 3.19. The van der Waals surface area contributed by atoms with Crippen molar-refractivity contribution in [3.8, 4) is 5.88 Å². The fraction of sp³-hybridized carbons (Fsp3) is 0.100. The second-order valence-electron chi connectivity index (χ2n) is 3.03. The van der Waals surface area contributed by atoms with Gasteiger partial charge in [0.05, 0.1) is 4.47 Å². The quantitative estimate of drug-likeness (QED) is 0.710. The van der Waals surface area contributed by atoms with Crippen LogP contribution in [0.4, 0.5) is 0 Å². The highest BCUT2D eigenvalue weighted by Gasteiger charge is 2.12. The molecule has 3 nitrogen and oxygen atoms in total. The van der Waals surface area contributed by atoms with E-state index in [0.29, 0.717) is 15.2 Å². The monoisotopic (exact) mass is 252 g/mol. The van der Waals surface area contributed by atoms with E-state index in [-0.39, 0.29) is 11.4 Å². The maximum absolute atomic E-state index is 11.6. The highest BCUT2D eigenvalue weighted by Crippen LogP contribution is 2.29. The van der Waals surface area contributed by atoms with E-state index in [4.69, 9.17) is 0 Å². The first kappa shape index (κ1) is 9.27. The minimum absolute atomic E-state index is 0.256. The second-order valence-corrected chi connectivity index (χ2v) is 3.82. The lowest BCUT2D eigenvalue weighted by atomic mass is 10.2. The molecule has 0 aliphatic rings. The van der Waals surface area contributed by atoms with Gasteiger partial charge in [-0.3, -0.25) is 14.5 Å². The van der Waals surface area contributed by atoms with Crippen LogP contribution in [0.5, 0.6) is 5.88 Å². The molecule has 0 saturated heterocycles. The van der Waals surface area contributed by atoms with E-state index in [0.717, 1.165) is 4.57 Å². The molecule has 0 fully saturated rings. The lowest BCUT2D eigenvalue weighted by Gasteiger charge is -2.05. The van der Waals surface area contributed by atoms with Crippen molar-refractivity contribution >= 4 is 26.7 Å². The van der Waals surface area contributed by atoms with Crippen LogP contribution < -0.4 is 5.56 Å². The van der Waals surface area contributed by atoms with Crippen LogP contribution in [0.1, 0.15) is 0 Å². The Kier molecular flexibility index (Phi) is 2.07. The minimum Gasteiger partial charge on any atom is -0.277 e.